The molecule has 2 aliphatic rings. The third kappa shape index (κ3) is 4.07. The van der Waals surface area contributed by atoms with Gasteiger partial charge in [-0.2, -0.15) is 0 Å². The van der Waals surface area contributed by atoms with Crippen molar-refractivity contribution >= 4 is 15.9 Å². The standard InChI is InChI=1S/C13H24BrN/c1-2-3-12(8-14)10-15(13-6-7-13)9-11-4-5-11/h11-13H,2-10H2,1H3. The second kappa shape index (κ2) is 5.67. The van der Waals surface area contributed by atoms with Gasteiger partial charge in [-0.25, -0.2) is 0 Å². The largest absolute Gasteiger partial charge is 0.300 e. The molecule has 1 unspecified atom stereocenters. The van der Waals surface area contributed by atoms with Crippen LogP contribution in [0.25, 0.3) is 0 Å². The van der Waals surface area contributed by atoms with Crippen LogP contribution in [0, 0.1) is 11.8 Å². The lowest BCUT2D eigenvalue weighted by molar-refractivity contribution is 0.216. The van der Waals surface area contributed by atoms with Crippen molar-refractivity contribution in [2.24, 2.45) is 11.8 Å². The summed E-state index contributed by atoms with van der Waals surface area (Å²) in [6, 6.07) is 0.962. The van der Waals surface area contributed by atoms with E-state index in [0.717, 1.165) is 17.9 Å². The van der Waals surface area contributed by atoms with Gasteiger partial charge in [0.05, 0.1) is 0 Å². The fraction of sp³-hybridized carbons (Fsp3) is 1.00. The molecule has 0 N–H and O–H groups in total. The first-order valence-electron chi connectivity index (χ1n) is 6.63. The molecular formula is C13H24BrN. The normalized spacial score (nSPS) is 23.4. The molecule has 2 saturated carbocycles. The zero-order chi connectivity index (χ0) is 10.7. The van der Waals surface area contributed by atoms with E-state index in [1.807, 2.05) is 0 Å². The summed E-state index contributed by atoms with van der Waals surface area (Å²) in [5.74, 6) is 1.94. The molecule has 15 heavy (non-hydrogen) atoms. The van der Waals surface area contributed by atoms with Crippen LogP contribution in [0.1, 0.15) is 45.4 Å². The van der Waals surface area contributed by atoms with Crippen LogP contribution < -0.4 is 0 Å². The molecule has 0 radical (unpaired) electrons. The van der Waals surface area contributed by atoms with Gasteiger partial charge in [0.15, 0.2) is 0 Å². The van der Waals surface area contributed by atoms with Crippen molar-refractivity contribution in [1.29, 1.82) is 0 Å². The van der Waals surface area contributed by atoms with E-state index in [4.69, 9.17) is 0 Å². The zero-order valence-electron chi connectivity index (χ0n) is 9.92. The summed E-state index contributed by atoms with van der Waals surface area (Å²) in [5, 5.41) is 1.19. The van der Waals surface area contributed by atoms with Crippen LogP contribution in [0.2, 0.25) is 0 Å². The minimum Gasteiger partial charge on any atom is -0.300 e. The minimum absolute atomic E-state index is 0.884. The van der Waals surface area contributed by atoms with E-state index in [1.165, 1.54) is 56.9 Å². The summed E-state index contributed by atoms with van der Waals surface area (Å²) < 4.78 is 0. The van der Waals surface area contributed by atoms with Gasteiger partial charge >= 0.3 is 0 Å². The molecule has 2 heteroatoms. The smallest absolute Gasteiger partial charge is 0.00966 e. The van der Waals surface area contributed by atoms with Gasteiger partial charge in [-0.05, 0) is 43.9 Å². The summed E-state index contributed by atoms with van der Waals surface area (Å²) in [5.41, 5.74) is 0. The van der Waals surface area contributed by atoms with Crippen LogP contribution in [0.5, 0.6) is 0 Å². The number of hydrogen-bond donors (Lipinski definition) is 0. The lowest BCUT2D eigenvalue weighted by Crippen LogP contribution is -2.34. The van der Waals surface area contributed by atoms with Crippen molar-refractivity contribution in [2.45, 2.75) is 51.5 Å². The third-order valence-electron chi connectivity index (χ3n) is 3.66. The highest BCUT2D eigenvalue weighted by Crippen LogP contribution is 2.35. The third-order valence-corrected chi connectivity index (χ3v) is 4.58. The molecule has 1 atom stereocenters. The van der Waals surface area contributed by atoms with E-state index in [0.29, 0.717) is 0 Å². The SMILES string of the molecule is CCCC(CBr)CN(CC1CC1)C1CC1. The van der Waals surface area contributed by atoms with Gasteiger partial charge < -0.3 is 0 Å². The van der Waals surface area contributed by atoms with Crippen molar-refractivity contribution in [3.8, 4) is 0 Å². The Morgan fingerprint density at radius 3 is 2.47 bits per heavy atom. The molecule has 0 amide bonds. The van der Waals surface area contributed by atoms with E-state index >= 15 is 0 Å². The molecule has 0 aromatic heterocycles. The Morgan fingerprint density at radius 1 is 1.27 bits per heavy atom. The number of halogens is 1. The molecule has 2 fully saturated rings. The quantitative estimate of drug-likeness (QED) is 0.610. The Hall–Kier alpha value is 0.440. The Bertz CT molecular complexity index is 187. The molecule has 0 bridgehead atoms. The van der Waals surface area contributed by atoms with Crippen LogP contribution >= 0.6 is 15.9 Å². The van der Waals surface area contributed by atoms with Gasteiger partial charge in [0.25, 0.3) is 0 Å². The Labute approximate surface area is 103 Å². The lowest BCUT2D eigenvalue weighted by Gasteiger charge is -2.26. The van der Waals surface area contributed by atoms with Crippen LogP contribution in [-0.2, 0) is 0 Å². The summed E-state index contributed by atoms with van der Waals surface area (Å²) in [4.78, 5) is 2.79. The predicted octanol–water partition coefficient (Wildman–Crippen LogP) is 3.67. The number of hydrogen-bond acceptors (Lipinski definition) is 1. The maximum absolute atomic E-state index is 3.67. The summed E-state index contributed by atoms with van der Waals surface area (Å²) in [7, 11) is 0. The van der Waals surface area contributed by atoms with Gasteiger partial charge in [-0.3, -0.25) is 4.90 Å². The molecule has 2 aliphatic carbocycles. The van der Waals surface area contributed by atoms with Crippen LogP contribution in [0.15, 0.2) is 0 Å². The van der Waals surface area contributed by atoms with Gasteiger partial charge in [0.2, 0.25) is 0 Å². The van der Waals surface area contributed by atoms with Crippen molar-refractivity contribution < 1.29 is 0 Å². The monoisotopic (exact) mass is 273 g/mol. The Morgan fingerprint density at radius 2 is 2.00 bits per heavy atom. The average Bonchev–Trinajstić information content (AvgIpc) is 3.07. The first kappa shape index (κ1) is 11.9. The number of rotatable bonds is 8. The molecule has 0 heterocycles. The second-order valence-electron chi connectivity index (χ2n) is 5.44. The highest BCUT2D eigenvalue weighted by atomic mass is 79.9. The molecule has 0 aromatic rings. The summed E-state index contributed by atoms with van der Waals surface area (Å²) in [6.07, 6.45) is 8.64. The first-order valence-corrected chi connectivity index (χ1v) is 7.75. The molecule has 0 aromatic carbocycles. The van der Waals surface area contributed by atoms with Crippen molar-refractivity contribution in [2.75, 3.05) is 18.4 Å². The van der Waals surface area contributed by atoms with Crippen LogP contribution in [0.3, 0.4) is 0 Å². The predicted molar refractivity (Wildman–Crippen MR) is 69.5 cm³/mol. The molecule has 1 nitrogen and oxygen atoms in total. The van der Waals surface area contributed by atoms with Crippen LogP contribution in [0.4, 0.5) is 0 Å². The van der Waals surface area contributed by atoms with Crippen molar-refractivity contribution in [3.63, 3.8) is 0 Å². The molecule has 0 saturated heterocycles. The topological polar surface area (TPSA) is 3.24 Å². The minimum atomic E-state index is 0.884. The molecule has 0 spiro atoms. The molecule has 88 valence electrons. The second-order valence-corrected chi connectivity index (χ2v) is 6.08. The van der Waals surface area contributed by atoms with Gasteiger partial charge in [0.1, 0.15) is 0 Å². The summed E-state index contributed by atoms with van der Waals surface area (Å²) >= 11 is 3.67. The highest BCUT2D eigenvalue weighted by molar-refractivity contribution is 9.09. The fourth-order valence-electron chi connectivity index (χ4n) is 2.40. The van der Waals surface area contributed by atoms with E-state index in [1.54, 1.807) is 0 Å². The van der Waals surface area contributed by atoms with E-state index in [2.05, 4.69) is 27.8 Å². The van der Waals surface area contributed by atoms with Gasteiger partial charge in [-0.15, -0.1) is 0 Å². The van der Waals surface area contributed by atoms with E-state index in [-0.39, 0.29) is 0 Å². The molecular weight excluding hydrogens is 250 g/mol. The van der Waals surface area contributed by atoms with Crippen LogP contribution in [-0.4, -0.2) is 29.4 Å². The maximum atomic E-state index is 3.67. The average molecular weight is 274 g/mol. The van der Waals surface area contributed by atoms with E-state index < -0.39 is 0 Å². The van der Waals surface area contributed by atoms with Gasteiger partial charge in [0, 0.05) is 24.5 Å². The first-order chi connectivity index (χ1) is 7.33. The highest BCUT2D eigenvalue weighted by Gasteiger charge is 2.34. The number of alkyl halides is 1. The Balaban J connectivity index is 1.75. The van der Waals surface area contributed by atoms with Crippen molar-refractivity contribution in [1.82, 2.24) is 4.90 Å². The van der Waals surface area contributed by atoms with Crippen molar-refractivity contribution in [3.05, 3.63) is 0 Å². The van der Waals surface area contributed by atoms with E-state index in [9.17, 15) is 0 Å². The zero-order valence-corrected chi connectivity index (χ0v) is 11.5. The maximum Gasteiger partial charge on any atom is 0.00966 e. The van der Waals surface area contributed by atoms with Gasteiger partial charge in [-0.1, -0.05) is 29.3 Å². The molecule has 0 aliphatic heterocycles. The summed E-state index contributed by atoms with van der Waals surface area (Å²) in [6.45, 7) is 5.05. The number of nitrogens with zero attached hydrogens (tertiary/aromatic N) is 1. The lowest BCUT2D eigenvalue weighted by atomic mass is 10.1. The Kier molecular flexibility index (Phi) is 4.51. The molecule has 2 rings (SSSR count). The fourth-order valence-corrected chi connectivity index (χ4v) is 2.93.